The summed E-state index contributed by atoms with van der Waals surface area (Å²) in [4.78, 5) is 17.9. The van der Waals surface area contributed by atoms with Gasteiger partial charge in [-0.25, -0.2) is 4.79 Å². The van der Waals surface area contributed by atoms with Crippen molar-refractivity contribution in [3.63, 3.8) is 0 Å². The second-order valence-corrected chi connectivity index (χ2v) is 10.5. The summed E-state index contributed by atoms with van der Waals surface area (Å²) in [6.07, 6.45) is 3.80. The SMILES string of the molecule is CC(C)O[C@H]1CC[C@H](c2nnc3n2-c2ccc(Cl)cc2CN(OC(=O)OC(C)(C)C)C3)CC1. The van der Waals surface area contributed by atoms with Gasteiger partial charge in [0.1, 0.15) is 11.4 Å². The molecule has 8 nitrogen and oxygen atoms in total. The maximum atomic E-state index is 12.3. The second kappa shape index (κ2) is 9.60. The summed E-state index contributed by atoms with van der Waals surface area (Å²) in [5.41, 5.74) is 1.25. The van der Waals surface area contributed by atoms with Gasteiger partial charge in [-0.1, -0.05) is 11.6 Å². The molecule has 0 saturated heterocycles. The Morgan fingerprint density at radius 1 is 1.12 bits per heavy atom. The first-order chi connectivity index (χ1) is 15.6. The van der Waals surface area contributed by atoms with Crippen LogP contribution in [0.1, 0.15) is 83.4 Å². The number of carbonyl (C=O) groups excluding carboxylic acids is 1. The molecule has 1 aromatic heterocycles. The maximum absolute atomic E-state index is 12.3. The zero-order chi connectivity index (χ0) is 23.8. The molecule has 2 aliphatic rings. The molecule has 0 spiro atoms. The number of benzene rings is 1. The topological polar surface area (TPSA) is 78.7 Å². The Balaban J connectivity index is 1.60. The molecule has 1 aliphatic heterocycles. The summed E-state index contributed by atoms with van der Waals surface area (Å²) in [5.74, 6) is 1.95. The number of nitrogens with zero attached hydrogens (tertiary/aromatic N) is 4. The van der Waals surface area contributed by atoms with Crippen LogP contribution in [-0.4, -0.2) is 43.8 Å². The number of hydrogen-bond donors (Lipinski definition) is 0. The van der Waals surface area contributed by atoms with Gasteiger partial charge in [0.2, 0.25) is 0 Å². The molecule has 0 unspecified atom stereocenters. The van der Waals surface area contributed by atoms with E-state index in [1.54, 1.807) is 25.8 Å². The molecule has 33 heavy (non-hydrogen) atoms. The Labute approximate surface area is 200 Å². The van der Waals surface area contributed by atoms with E-state index in [9.17, 15) is 4.79 Å². The second-order valence-electron chi connectivity index (χ2n) is 10.1. The van der Waals surface area contributed by atoms with Gasteiger partial charge in [-0.3, -0.25) is 4.57 Å². The van der Waals surface area contributed by atoms with Gasteiger partial charge in [-0.15, -0.1) is 15.3 Å². The Hall–Kier alpha value is -2.16. The van der Waals surface area contributed by atoms with E-state index in [0.717, 1.165) is 48.6 Å². The highest BCUT2D eigenvalue weighted by molar-refractivity contribution is 6.30. The monoisotopic (exact) mass is 476 g/mol. The fraction of sp³-hybridized carbons (Fsp3) is 0.625. The number of ether oxygens (including phenoxy) is 2. The number of aromatic nitrogens is 3. The van der Waals surface area contributed by atoms with E-state index in [2.05, 4.69) is 28.6 Å². The molecule has 1 fully saturated rings. The first-order valence-electron chi connectivity index (χ1n) is 11.6. The Morgan fingerprint density at radius 2 is 1.85 bits per heavy atom. The summed E-state index contributed by atoms with van der Waals surface area (Å²) in [6, 6.07) is 5.75. The van der Waals surface area contributed by atoms with E-state index >= 15 is 0 Å². The number of carbonyl (C=O) groups is 1. The highest BCUT2D eigenvalue weighted by Gasteiger charge is 2.32. The van der Waals surface area contributed by atoms with Crippen molar-refractivity contribution < 1.29 is 19.1 Å². The molecular weight excluding hydrogens is 444 g/mol. The van der Waals surface area contributed by atoms with Gasteiger partial charge in [0.25, 0.3) is 0 Å². The van der Waals surface area contributed by atoms with Gasteiger partial charge in [0.15, 0.2) is 5.82 Å². The molecule has 2 aromatic rings. The summed E-state index contributed by atoms with van der Waals surface area (Å²) in [6.45, 7) is 10.2. The van der Waals surface area contributed by atoms with Crippen LogP contribution >= 0.6 is 11.6 Å². The highest BCUT2D eigenvalue weighted by Crippen LogP contribution is 2.37. The summed E-state index contributed by atoms with van der Waals surface area (Å²) < 4.78 is 13.5. The van der Waals surface area contributed by atoms with Gasteiger partial charge in [-0.05, 0) is 84.1 Å². The Kier molecular flexibility index (Phi) is 6.98. The fourth-order valence-corrected chi connectivity index (χ4v) is 4.74. The van der Waals surface area contributed by atoms with E-state index in [-0.39, 0.29) is 6.10 Å². The lowest BCUT2D eigenvalue weighted by Crippen LogP contribution is -2.31. The number of hydrogen-bond acceptors (Lipinski definition) is 7. The minimum absolute atomic E-state index is 0.239. The van der Waals surface area contributed by atoms with Crippen LogP contribution in [0.3, 0.4) is 0 Å². The minimum atomic E-state index is -0.747. The van der Waals surface area contributed by atoms with Crippen molar-refractivity contribution in [3.05, 3.63) is 40.4 Å². The molecule has 1 aromatic carbocycles. The van der Waals surface area contributed by atoms with E-state index in [0.29, 0.717) is 30.1 Å². The normalized spacial score (nSPS) is 21.3. The van der Waals surface area contributed by atoms with Crippen molar-refractivity contribution in [1.82, 2.24) is 19.8 Å². The van der Waals surface area contributed by atoms with Crippen LogP contribution in [-0.2, 0) is 27.4 Å². The zero-order valence-electron chi connectivity index (χ0n) is 20.0. The lowest BCUT2D eigenvalue weighted by Gasteiger charge is -2.29. The minimum Gasteiger partial charge on any atom is -0.427 e. The van der Waals surface area contributed by atoms with Crippen molar-refractivity contribution in [3.8, 4) is 5.69 Å². The van der Waals surface area contributed by atoms with Crippen LogP contribution in [0.15, 0.2) is 18.2 Å². The van der Waals surface area contributed by atoms with Crippen LogP contribution in [0.4, 0.5) is 4.79 Å². The molecule has 4 rings (SSSR count). The van der Waals surface area contributed by atoms with E-state index in [4.69, 9.17) is 25.9 Å². The summed E-state index contributed by atoms with van der Waals surface area (Å²) in [5, 5.41) is 11.2. The third-order valence-corrected chi connectivity index (χ3v) is 6.03. The first kappa shape index (κ1) is 24.0. The molecule has 180 valence electrons. The average molecular weight is 477 g/mol. The smallest absolute Gasteiger partial charge is 0.427 e. The van der Waals surface area contributed by atoms with Crippen LogP contribution in [0.5, 0.6) is 0 Å². The number of hydroxylamine groups is 2. The zero-order valence-corrected chi connectivity index (χ0v) is 20.8. The van der Waals surface area contributed by atoms with E-state index in [1.807, 2.05) is 18.2 Å². The lowest BCUT2D eigenvalue weighted by atomic mass is 9.86. The number of rotatable bonds is 4. The predicted octanol–water partition coefficient (Wildman–Crippen LogP) is 5.55. The van der Waals surface area contributed by atoms with Crippen LogP contribution < -0.4 is 0 Å². The molecule has 0 bridgehead atoms. The van der Waals surface area contributed by atoms with Crippen LogP contribution in [0, 0.1) is 0 Å². The van der Waals surface area contributed by atoms with E-state index in [1.165, 1.54) is 0 Å². The Bertz CT molecular complexity index is 993. The molecule has 9 heteroatoms. The largest absolute Gasteiger partial charge is 0.528 e. The van der Waals surface area contributed by atoms with Crippen molar-refractivity contribution in [1.29, 1.82) is 0 Å². The quantitative estimate of drug-likeness (QED) is 0.535. The average Bonchev–Trinajstić information content (AvgIpc) is 3.03. The Morgan fingerprint density at radius 3 is 2.52 bits per heavy atom. The molecule has 0 atom stereocenters. The molecular formula is C24H33ClN4O4. The standard InChI is InChI=1S/C24H33ClN4O4/c1-15(2)31-19-9-6-16(7-10-19)22-27-26-21-14-28(33-23(30)32-24(3,4)5)13-17-12-18(25)8-11-20(17)29(21)22/h8,11-12,15-16,19H,6-7,9-10,13-14H2,1-5H3/t16-,19-. The van der Waals surface area contributed by atoms with Crippen molar-refractivity contribution in [2.24, 2.45) is 0 Å². The third kappa shape index (κ3) is 5.86. The lowest BCUT2D eigenvalue weighted by molar-refractivity contribution is -0.155. The van der Waals surface area contributed by atoms with Gasteiger partial charge >= 0.3 is 6.16 Å². The maximum Gasteiger partial charge on any atom is 0.528 e. The molecule has 2 heterocycles. The summed E-state index contributed by atoms with van der Waals surface area (Å²) in [7, 11) is 0. The molecule has 0 N–H and O–H groups in total. The van der Waals surface area contributed by atoms with Crippen LogP contribution in [0.25, 0.3) is 5.69 Å². The van der Waals surface area contributed by atoms with Gasteiger partial charge < -0.3 is 14.3 Å². The molecule has 0 amide bonds. The predicted molar refractivity (Wildman–Crippen MR) is 124 cm³/mol. The van der Waals surface area contributed by atoms with Crippen molar-refractivity contribution in [2.45, 2.75) is 97.1 Å². The fourth-order valence-electron chi connectivity index (χ4n) is 4.54. The number of fused-ring (bicyclic) bond motifs is 3. The van der Waals surface area contributed by atoms with Gasteiger partial charge in [0.05, 0.1) is 31.0 Å². The van der Waals surface area contributed by atoms with Crippen LogP contribution in [0.2, 0.25) is 5.02 Å². The van der Waals surface area contributed by atoms with Crippen molar-refractivity contribution >= 4 is 17.8 Å². The number of halogens is 1. The molecule has 0 radical (unpaired) electrons. The summed E-state index contributed by atoms with van der Waals surface area (Å²) >= 11 is 6.31. The third-order valence-electron chi connectivity index (χ3n) is 5.80. The van der Waals surface area contributed by atoms with Crippen molar-refractivity contribution in [2.75, 3.05) is 0 Å². The highest BCUT2D eigenvalue weighted by atomic mass is 35.5. The first-order valence-corrected chi connectivity index (χ1v) is 12.0. The molecule has 1 saturated carbocycles. The molecule has 1 aliphatic carbocycles. The van der Waals surface area contributed by atoms with E-state index < -0.39 is 11.8 Å². The van der Waals surface area contributed by atoms with Gasteiger partial charge in [-0.2, -0.15) is 0 Å². The van der Waals surface area contributed by atoms with Gasteiger partial charge in [0, 0.05) is 10.9 Å².